The minimum absolute atomic E-state index is 0. The van der Waals surface area contributed by atoms with Crippen molar-refractivity contribution in [2.45, 2.75) is 18.9 Å². The van der Waals surface area contributed by atoms with Gasteiger partial charge in [0.25, 0.3) is 5.91 Å². The van der Waals surface area contributed by atoms with Crippen LogP contribution in [0.4, 0.5) is 5.82 Å². The van der Waals surface area contributed by atoms with Gasteiger partial charge in [0.05, 0.1) is 5.56 Å². The number of nitrogens with zero attached hydrogens (tertiary/aromatic N) is 2. The number of hydrogen-bond acceptors (Lipinski definition) is 4. The van der Waals surface area contributed by atoms with Crippen LogP contribution >= 0.6 is 24.8 Å². The first-order valence-electron chi connectivity index (χ1n) is 6.32. The summed E-state index contributed by atoms with van der Waals surface area (Å²) >= 11 is 0. The molecule has 114 valence electrons. The van der Waals surface area contributed by atoms with Crippen LogP contribution < -0.4 is 15.5 Å². The van der Waals surface area contributed by atoms with E-state index in [-0.39, 0.29) is 36.8 Å². The van der Waals surface area contributed by atoms with E-state index in [4.69, 9.17) is 0 Å². The van der Waals surface area contributed by atoms with Crippen LogP contribution in [-0.4, -0.2) is 44.1 Å². The van der Waals surface area contributed by atoms with Crippen LogP contribution in [0, 0.1) is 0 Å². The summed E-state index contributed by atoms with van der Waals surface area (Å²) in [6.45, 7) is 1.90. The molecule has 2 rings (SSSR count). The molecule has 1 aromatic heterocycles. The first kappa shape index (κ1) is 19.0. The first-order chi connectivity index (χ1) is 8.66. The molecular formula is C13H22Cl2N4O. The average Bonchev–Trinajstić information content (AvgIpc) is 2.40. The van der Waals surface area contributed by atoms with Crippen molar-refractivity contribution in [2.24, 2.45) is 0 Å². The van der Waals surface area contributed by atoms with E-state index in [1.165, 1.54) is 0 Å². The van der Waals surface area contributed by atoms with Gasteiger partial charge in [0.15, 0.2) is 0 Å². The van der Waals surface area contributed by atoms with E-state index in [0.29, 0.717) is 5.56 Å². The fraction of sp³-hybridized carbons (Fsp3) is 0.538. The van der Waals surface area contributed by atoms with Crippen molar-refractivity contribution in [3.8, 4) is 0 Å². The molecule has 0 spiro atoms. The van der Waals surface area contributed by atoms with Crippen LogP contribution in [0.5, 0.6) is 0 Å². The summed E-state index contributed by atoms with van der Waals surface area (Å²) in [5.41, 5.74) is 0.617. The van der Waals surface area contributed by atoms with Gasteiger partial charge in [0, 0.05) is 32.9 Å². The van der Waals surface area contributed by atoms with Crippen molar-refractivity contribution in [1.82, 2.24) is 15.6 Å². The molecule has 0 radical (unpaired) electrons. The van der Waals surface area contributed by atoms with Gasteiger partial charge in [-0.1, -0.05) is 0 Å². The normalized spacial score (nSPS) is 17.4. The topological polar surface area (TPSA) is 57.3 Å². The Labute approximate surface area is 132 Å². The average molecular weight is 321 g/mol. The fourth-order valence-electron chi connectivity index (χ4n) is 2.03. The number of pyridine rings is 1. The van der Waals surface area contributed by atoms with Crippen molar-refractivity contribution < 1.29 is 4.79 Å². The zero-order valence-electron chi connectivity index (χ0n) is 11.8. The molecule has 0 unspecified atom stereocenters. The highest BCUT2D eigenvalue weighted by atomic mass is 35.5. The molecule has 1 aliphatic heterocycles. The highest BCUT2D eigenvalue weighted by Crippen LogP contribution is 2.09. The Morgan fingerprint density at radius 2 is 2.15 bits per heavy atom. The second kappa shape index (κ2) is 9.00. The maximum Gasteiger partial charge on any atom is 0.253 e. The van der Waals surface area contributed by atoms with Crippen molar-refractivity contribution in [3.05, 3.63) is 23.9 Å². The van der Waals surface area contributed by atoms with Gasteiger partial charge in [-0.3, -0.25) is 4.79 Å². The van der Waals surface area contributed by atoms with Gasteiger partial charge in [-0.15, -0.1) is 24.8 Å². The van der Waals surface area contributed by atoms with Crippen molar-refractivity contribution in [3.63, 3.8) is 0 Å². The summed E-state index contributed by atoms with van der Waals surface area (Å²) in [6.07, 6.45) is 3.78. The van der Waals surface area contributed by atoms with Gasteiger partial charge in [0.1, 0.15) is 5.82 Å². The summed E-state index contributed by atoms with van der Waals surface area (Å²) in [4.78, 5) is 18.2. The smallest absolute Gasteiger partial charge is 0.253 e. The van der Waals surface area contributed by atoms with Gasteiger partial charge in [-0.25, -0.2) is 4.98 Å². The SMILES string of the molecule is CN(C)c1ccc(C(=O)N[C@H]2CCCNC2)cn1.Cl.Cl. The quantitative estimate of drug-likeness (QED) is 0.885. The molecular weight excluding hydrogens is 299 g/mol. The molecule has 5 nitrogen and oxygen atoms in total. The third kappa shape index (κ3) is 5.15. The molecule has 0 bridgehead atoms. The number of hydrogen-bond donors (Lipinski definition) is 2. The zero-order valence-corrected chi connectivity index (χ0v) is 13.4. The second-order valence-corrected chi connectivity index (χ2v) is 4.82. The van der Waals surface area contributed by atoms with E-state index >= 15 is 0 Å². The predicted molar refractivity (Wildman–Crippen MR) is 86.4 cm³/mol. The van der Waals surface area contributed by atoms with E-state index in [1.807, 2.05) is 31.1 Å². The number of aromatic nitrogens is 1. The molecule has 20 heavy (non-hydrogen) atoms. The molecule has 1 amide bonds. The largest absolute Gasteiger partial charge is 0.363 e. The van der Waals surface area contributed by atoms with Gasteiger partial charge >= 0.3 is 0 Å². The molecule has 7 heteroatoms. The van der Waals surface area contributed by atoms with Gasteiger partial charge < -0.3 is 15.5 Å². The Balaban J connectivity index is 0.00000180. The Morgan fingerprint density at radius 1 is 1.40 bits per heavy atom. The zero-order chi connectivity index (χ0) is 13.0. The summed E-state index contributed by atoms with van der Waals surface area (Å²) < 4.78 is 0. The lowest BCUT2D eigenvalue weighted by molar-refractivity contribution is 0.0930. The van der Waals surface area contributed by atoms with E-state index in [0.717, 1.165) is 31.7 Å². The summed E-state index contributed by atoms with van der Waals surface area (Å²) in [6, 6.07) is 3.90. The Bertz CT molecular complexity index is 405. The minimum atomic E-state index is -0.0403. The standard InChI is InChI=1S/C13H20N4O.2ClH/c1-17(2)12-6-5-10(8-15-12)13(18)16-11-4-3-7-14-9-11;;/h5-6,8,11,14H,3-4,7,9H2,1-2H3,(H,16,18);2*1H/t11-;;/m0../s1. The number of piperidine rings is 1. The highest BCUT2D eigenvalue weighted by molar-refractivity contribution is 5.94. The van der Waals surface area contributed by atoms with Crippen molar-refractivity contribution in [2.75, 3.05) is 32.1 Å². The van der Waals surface area contributed by atoms with Crippen LogP contribution in [0.15, 0.2) is 18.3 Å². The molecule has 0 aliphatic carbocycles. The summed E-state index contributed by atoms with van der Waals surface area (Å²) in [5, 5.41) is 6.31. The number of carbonyl (C=O) groups excluding carboxylic acids is 1. The molecule has 1 saturated heterocycles. The number of nitrogens with one attached hydrogen (secondary N) is 2. The van der Waals surface area contributed by atoms with Crippen LogP contribution in [0.25, 0.3) is 0 Å². The Morgan fingerprint density at radius 3 is 2.65 bits per heavy atom. The molecule has 1 atom stereocenters. The number of anilines is 1. The third-order valence-corrected chi connectivity index (χ3v) is 3.10. The summed E-state index contributed by atoms with van der Waals surface area (Å²) in [7, 11) is 3.85. The summed E-state index contributed by atoms with van der Waals surface area (Å²) in [5.74, 6) is 0.812. The molecule has 0 saturated carbocycles. The first-order valence-corrected chi connectivity index (χ1v) is 6.32. The predicted octanol–water partition coefficient (Wildman–Crippen LogP) is 1.47. The van der Waals surface area contributed by atoms with Crippen LogP contribution in [0.1, 0.15) is 23.2 Å². The van der Waals surface area contributed by atoms with Gasteiger partial charge in [0.2, 0.25) is 0 Å². The van der Waals surface area contributed by atoms with E-state index in [2.05, 4.69) is 15.6 Å². The maximum atomic E-state index is 12.0. The van der Waals surface area contributed by atoms with Crippen LogP contribution in [0.3, 0.4) is 0 Å². The van der Waals surface area contributed by atoms with Crippen LogP contribution in [-0.2, 0) is 0 Å². The number of amides is 1. The lowest BCUT2D eigenvalue weighted by Gasteiger charge is -2.23. The number of carbonyl (C=O) groups is 1. The molecule has 1 fully saturated rings. The van der Waals surface area contributed by atoms with E-state index in [9.17, 15) is 4.79 Å². The van der Waals surface area contributed by atoms with Crippen LogP contribution in [0.2, 0.25) is 0 Å². The minimum Gasteiger partial charge on any atom is -0.363 e. The molecule has 1 aromatic rings. The number of rotatable bonds is 3. The molecule has 0 aromatic carbocycles. The van der Waals surface area contributed by atoms with Crippen molar-refractivity contribution in [1.29, 1.82) is 0 Å². The molecule has 2 heterocycles. The number of halogens is 2. The molecule has 2 N–H and O–H groups in total. The Kier molecular flexibility index (Phi) is 8.53. The van der Waals surface area contributed by atoms with Crippen molar-refractivity contribution >= 4 is 36.5 Å². The lowest BCUT2D eigenvalue weighted by Crippen LogP contribution is -2.45. The lowest BCUT2D eigenvalue weighted by atomic mass is 10.1. The maximum absolute atomic E-state index is 12.0. The van der Waals surface area contributed by atoms with Gasteiger partial charge in [-0.2, -0.15) is 0 Å². The van der Waals surface area contributed by atoms with E-state index in [1.54, 1.807) is 6.20 Å². The van der Waals surface area contributed by atoms with E-state index < -0.39 is 0 Å². The Hall–Kier alpha value is -1.04. The van der Waals surface area contributed by atoms with Gasteiger partial charge in [-0.05, 0) is 31.5 Å². The second-order valence-electron chi connectivity index (χ2n) is 4.82. The monoisotopic (exact) mass is 320 g/mol. The molecule has 1 aliphatic rings. The highest BCUT2D eigenvalue weighted by Gasteiger charge is 2.16. The third-order valence-electron chi connectivity index (χ3n) is 3.10. The fourth-order valence-corrected chi connectivity index (χ4v) is 2.03.